The maximum Gasteiger partial charge on any atom is 0.319 e. The molecule has 2 N–H and O–H groups in total. The standard InChI is InChI=1S/C19H18BrN3O3/c1-12-3-6-14(7-4-12)22-19(26)21-9-2-10-23-17(24)15-8-5-13(20)11-16(15)18(23)25/h3-8,11H,2,9-10H2,1H3,(H2,21,22,26). The second-order valence-corrected chi connectivity index (χ2v) is 6.97. The average Bonchev–Trinajstić information content (AvgIpc) is 2.84. The Kier molecular flexibility index (Phi) is 5.37. The maximum absolute atomic E-state index is 12.3. The zero-order chi connectivity index (χ0) is 18.7. The normalized spacial score (nSPS) is 12.9. The summed E-state index contributed by atoms with van der Waals surface area (Å²) in [6.45, 7) is 2.59. The van der Waals surface area contributed by atoms with Gasteiger partial charge >= 0.3 is 6.03 Å². The summed E-state index contributed by atoms with van der Waals surface area (Å²) >= 11 is 3.31. The molecule has 3 rings (SSSR count). The molecule has 2 aromatic rings. The number of halogens is 1. The molecule has 0 atom stereocenters. The van der Waals surface area contributed by atoms with Gasteiger partial charge in [0.1, 0.15) is 0 Å². The van der Waals surface area contributed by atoms with Gasteiger partial charge in [0.15, 0.2) is 0 Å². The summed E-state index contributed by atoms with van der Waals surface area (Å²) in [5.74, 6) is -0.586. The largest absolute Gasteiger partial charge is 0.338 e. The highest BCUT2D eigenvalue weighted by atomic mass is 79.9. The zero-order valence-corrected chi connectivity index (χ0v) is 15.8. The van der Waals surface area contributed by atoms with Gasteiger partial charge in [-0.25, -0.2) is 4.79 Å². The quantitative estimate of drug-likeness (QED) is 0.578. The van der Waals surface area contributed by atoms with E-state index in [0.29, 0.717) is 29.8 Å². The van der Waals surface area contributed by atoms with Crippen LogP contribution in [0.4, 0.5) is 10.5 Å². The molecule has 0 spiro atoms. The third-order valence-corrected chi connectivity index (χ3v) is 4.58. The van der Waals surface area contributed by atoms with Gasteiger partial charge in [0, 0.05) is 23.2 Å². The minimum absolute atomic E-state index is 0.259. The van der Waals surface area contributed by atoms with E-state index in [2.05, 4.69) is 26.6 Å². The van der Waals surface area contributed by atoms with E-state index in [0.717, 1.165) is 10.0 Å². The van der Waals surface area contributed by atoms with E-state index in [1.807, 2.05) is 31.2 Å². The molecule has 1 aliphatic rings. The number of amides is 4. The van der Waals surface area contributed by atoms with E-state index >= 15 is 0 Å². The first-order valence-electron chi connectivity index (χ1n) is 8.23. The van der Waals surface area contributed by atoms with Crippen LogP contribution < -0.4 is 10.6 Å². The van der Waals surface area contributed by atoms with Crippen molar-refractivity contribution in [2.45, 2.75) is 13.3 Å². The topological polar surface area (TPSA) is 78.5 Å². The molecule has 0 radical (unpaired) electrons. The first kappa shape index (κ1) is 18.1. The van der Waals surface area contributed by atoms with Crippen LogP contribution in [0.25, 0.3) is 0 Å². The van der Waals surface area contributed by atoms with E-state index in [-0.39, 0.29) is 24.4 Å². The lowest BCUT2D eigenvalue weighted by Gasteiger charge is -2.14. The van der Waals surface area contributed by atoms with E-state index in [1.165, 1.54) is 4.90 Å². The first-order valence-corrected chi connectivity index (χ1v) is 9.02. The Bertz CT molecular complexity index is 865. The Morgan fingerprint density at radius 3 is 2.46 bits per heavy atom. The fourth-order valence-electron chi connectivity index (χ4n) is 2.72. The number of hydrogen-bond acceptors (Lipinski definition) is 3. The van der Waals surface area contributed by atoms with Crippen LogP contribution in [0.2, 0.25) is 0 Å². The molecule has 6 nitrogen and oxygen atoms in total. The number of fused-ring (bicyclic) bond motifs is 1. The predicted molar refractivity (Wildman–Crippen MR) is 102 cm³/mol. The number of carbonyl (C=O) groups excluding carboxylic acids is 3. The van der Waals surface area contributed by atoms with Crippen molar-refractivity contribution in [2.75, 3.05) is 18.4 Å². The van der Waals surface area contributed by atoms with Crippen molar-refractivity contribution in [3.05, 3.63) is 63.6 Å². The van der Waals surface area contributed by atoms with Crippen LogP contribution in [0, 0.1) is 6.92 Å². The molecule has 0 unspecified atom stereocenters. The molecule has 0 bridgehead atoms. The number of aryl methyl sites for hydroxylation is 1. The molecule has 7 heteroatoms. The Morgan fingerprint density at radius 1 is 1.04 bits per heavy atom. The molecular formula is C19H18BrN3O3. The molecule has 0 fully saturated rings. The fourth-order valence-corrected chi connectivity index (χ4v) is 3.08. The molecule has 0 saturated heterocycles. The van der Waals surface area contributed by atoms with Gasteiger partial charge in [0.25, 0.3) is 11.8 Å². The fraction of sp³-hybridized carbons (Fsp3) is 0.211. The number of carbonyl (C=O) groups is 3. The Labute approximate surface area is 159 Å². The molecule has 1 aliphatic heterocycles. The lowest BCUT2D eigenvalue weighted by molar-refractivity contribution is 0.0653. The van der Waals surface area contributed by atoms with Gasteiger partial charge in [-0.3, -0.25) is 14.5 Å². The van der Waals surface area contributed by atoms with E-state index in [4.69, 9.17) is 0 Å². The molecule has 1 heterocycles. The summed E-state index contributed by atoms with van der Waals surface area (Å²) in [6, 6.07) is 12.2. The van der Waals surface area contributed by atoms with Crippen molar-refractivity contribution in [2.24, 2.45) is 0 Å². The number of rotatable bonds is 5. The van der Waals surface area contributed by atoms with Gasteiger partial charge in [0.2, 0.25) is 0 Å². The second kappa shape index (κ2) is 7.70. The van der Waals surface area contributed by atoms with Crippen LogP contribution in [0.5, 0.6) is 0 Å². The molecule has 4 amide bonds. The third kappa shape index (κ3) is 3.94. The summed E-state index contributed by atoms with van der Waals surface area (Å²) in [7, 11) is 0. The van der Waals surface area contributed by atoms with Crippen LogP contribution in [-0.4, -0.2) is 35.8 Å². The summed E-state index contributed by atoms with van der Waals surface area (Å²) in [4.78, 5) is 37.7. The predicted octanol–water partition coefficient (Wildman–Crippen LogP) is 3.57. The lowest BCUT2D eigenvalue weighted by atomic mass is 10.1. The van der Waals surface area contributed by atoms with Crippen LogP contribution >= 0.6 is 15.9 Å². The van der Waals surface area contributed by atoms with Crippen molar-refractivity contribution in [1.82, 2.24) is 10.2 Å². The van der Waals surface area contributed by atoms with Gasteiger partial charge < -0.3 is 10.6 Å². The highest BCUT2D eigenvalue weighted by molar-refractivity contribution is 9.10. The SMILES string of the molecule is Cc1ccc(NC(=O)NCCCN2C(=O)c3ccc(Br)cc3C2=O)cc1. The van der Waals surface area contributed by atoms with Gasteiger partial charge in [-0.05, 0) is 43.7 Å². The zero-order valence-electron chi connectivity index (χ0n) is 14.2. The van der Waals surface area contributed by atoms with E-state index < -0.39 is 0 Å². The van der Waals surface area contributed by atoms with Crippen molar-refractivity contribution in [1.29, 1.82) is 0 Å². The van der Waals surface area contributed by atoms with Gasteiger partial charge in [-0.2, -0.15) is 0 Å². The summed E-state index contributed by atoms with van der Waals surface area (Å²) in [6.07, 6.45) is 0.480. The number of urea groups is 1. The number of nitrogens with one attached hydrogen (secondary N) is 2. The minimum atomic E-state index is -0.319. The molecule has 0 aliphatic carbocycles. The van der Waals surface area contributed by atoms with Crippen molar-refractivity contribution in [3.63, 3.8) is 0 Å². The number of hydrogen-bond donors (Lipinski definition) is 2. The molecular weight excluding hydrogens is 398 g/mol. The molecule has 0 saturated carbocycles. The molecule has 0 aromatic heterocycles. The molecule has 2 aromatic carbocycles. The number of imide groups is 1. The summed E-state index contributed by atoms with van der Waals surface area (Å²) in [5, 5.41) is 5.46. The van der Waals surface area contributed by atoms with Gasteiger partial charge in [-0.15, -0.1) is 0 Å². The van der Waals surface area contributed by atoms with Crippen LogP contribution in [0.3, 0.4) is 0 Å². The van der Waals surface area contributed by atoms with Crippen LogP contribution in [-0.2, 0) is 0 Å². The smallest absolute Gasteiger partial charge is 0.319 e. The number of anilines is 1. The minimum Gasteiger partial charge on any atom is -0.338 e. The second-order valence-electron chi connectivity index (χ2n) is 6.05. The maximum atomic E-state index is 12.3. The third-order valence-electron chi connectivity index (χ3n) is 4.09. The Morgan fingerprint density at radius 2 is 1.73 bits per heavy atom. The van der Waals surface area contributed by atoms with E-state index in [1.54, 1.807) is 18.2 Å². The lowest BCUT2D eigenvalue weighted by Crippen LogP contribution is -2.35. The van der Waals surface area contributed by atoms with Crippen molar-refractivity contribution in [3.8, 4) is 0 Å². The van der Waals surface area contributed by atoms with E-state index in [9.17, 15) is 14.4 Å². The highest BCUT2D eigenvalue weighted by Gasteiger charge is 2.34. The highest BCUT2D eigenvalue weighted by Crippen LogP contribution is 2.25. The van der Waals surface area contributed by atoms with Gasteiger partial charge in [-0.1, -0.05) is 33.6 Å². The summed E-state index contributed by atoms with van der Waals surface area (Å²) < 4.78 is 0.758. The monoisotopic (exact) mass is 415 g/mol. The molecule has 26 heavy (non-hydrogen) atoms. The van der Waals surface area contributed by atoms with Crippen LogP contribution in [0.1, 0.15) is 32.7 Å². The van der Waals surface area contributed by atoms with Crippen molar-refractivity contribution < 1.29 is 14.4 Å². The average molecular weight is 416 g/mol. The summed E-state index contributed by atoms with van der Waals surface area (Å²) in [5.41, 5.74) is 2.65. The van der Waals surface area contributed by atoms with Gasteiger partial charge in [0.05, 0.1) is 11.1 Å². The number of nitrogens with zero attached hydrogens (tertiary/aromatic N) is 1. The van der Waals surface area contributed by atoms with Crippen LogP contribution in [0.15, 0.2) is 46.9 Å². The van der Waals surface area contributed by atoms with Crippen molar-refractivity contribution >= 4 is 39.5 Å². The number of benzene rings is 2. The Balaban J connectivity index is 1.47. The first-order chi connectivity index (χ1) is 12.5. The molecule has 134 valence electrons. The Hall–Kier alpha value is -2.67.